The van der Waals surface area contributed by atoms with E-state index >= 15 is 0 Å². The van der Waals surface area contributed by atoms with Gasteiger partial charge in [0, 0.05) is 10.8 Å². The average Bonchev–Trinajstić information content (AvgIpc) is 3.01. The van der Waals surface area contributed by atoms with E-state index in [0.717, 1.165) is 5.01 Å². The van der Waals surface area contributed by atoms with Crippen LogP contribution in [0.3, 0.4) is 0 Å². The molecule has 0 radical (unpaired) electrons. The fraction of sp³-hybridized carbons (Fsp3) is 0.389. The number of hydrogen-bond acceptors (Lipinski definition) is 5. The molecule has 0 bridgehead atoms. The summed E-state index contributed by atoms with van der Waals surface area (Å²) in [6.07, 6.45) is -1.21. The summed E-state index contributed by atoms with van der Waals surface area (Å²) < 4.78 is 18.2. The van der Waals surface area contributed by atoms with Crippen LogP contribution in [0.2, 0.25) is 0 Å². The standard InChI is InChI=1S/C18H21FN2O4S/c1-18(2,3)17-21-12(10-26-17)8-15(22)20-9-14(16(23)24)25-13-6-4-11(19)5-7-13/h4-7,10,14H,8-9H2,1-3H3,(H,20,22)(H,23,24). The van der Waals surface area contributed by atoms with E-state index in [1.54, 1.807) is 0 Å². The van der Waals surface area contributed by atoms with Gasteiger partial charge in [-0.15, -0.1) is 11.3 Å². The van der Waals surface area contributed by atoms with Crippen molar-refractivity contribution < 1.29 is 23.8 Å². The Bertz CT molecular complexity index is 768. The van der Waals surface area contributed by atoms with Crippen molar-refractivity contribution in [3.63, 3.8) is 0 Å². The molecule has 1 heterocycles. The molecule has 1 amide bonds. The Morgan fingerprint density at radius 3 is 2.50 bits per heavy atom. The van der Waals surface area contributed by atoms with E-state index in [-0.39, 0.29) is 30.0 Å². The van der Waals surface area contributed by atoms with Crippen LogP contribution in [0.1, 0.15) is 31.5 Å². The quantitative estimate of drug-likeness (QED) is 0.771. The van der Waals surface area contributed by atoms with Crippen molar-refractivity contribution in [1.82, 2.24) is 10.3 Å². The topological polar surface area (TPSA) is 88.5 Å². The zero-order valence-electron chi connectivity index (χ0n) is 14.8. The first-order valence-electron chi connectivity index (χ1n) is 8.02. The van der Waals surface area contributed by atoms with Gasteiger partial charge in [0.05, 0.1) is 23.7 Å². The van der Waals surface area contributed by atoms with Crippen molar-refractivity contribution in [2.24, 2.45) is 0 Å². The molecule has 0 saturated carbocycles. The van der Waals surface area contributed by atoms with Gasteiger partial charge in [-0.2, -0.15) is 0 Å². The molecule has 0 saturated heterocycles. The summed E-state index contributed by atoms with van der Waals surface area (Å²) in [6, 6.07) is 5.00. The molecule has 2 rings (SSSR count). The fourth-order valence-electron chi connectivity index (χ4n) is 2.02. The van der Waals surface area contributed by atoms with Crippen LogP contribution in [0.25, 0.3) is 0 Å². The molecule has 6 nitrogen and oxygen atoms in total. The zero-order chi connectivity index (χ0) is 19.3. The van der Waals surface area contributed by atoms with Crippen molar-refractivity contribution in [2.75, 3.05) is 6.54 Å². The summed E-state index contributed by atoms with van der Waals surface area (Å²) in [5.41, 5.74) is 0.556. The van der Waals surface area contributed by atoms with E-state index < -0.39 is 17.9 Å². The van der Waals surface area contributed by atoms with Crippen LogP contribution < -0.4 is 10.1 Å². The summed E-state index contributed by atoms with van der Waals surface area (Å²) in [5, 5.41) is 14.5. The van der Waals surface area contributed by atoms with Gasteiger partial charge in [-0.25, -0.2) is 14.2 Å². The van der Waals surface area contributed by atoms with Crippen LogP contribution in [-0.4, -0.2) is 34.6 Å². The third kappa shape index (κ3) is 5.80. The molecule has 140 valence electrons. The van der Waals surface area contributed by atoms with E-state index in [1.165, 1.54) is 35.6 Å². The Kier molecular flexibility index (Phi) is 6.31. The van der Waals surface area contributed by atoms with Crippen molar-refractivity contribution >= 4 is 23.2 Å². The van der Waals surface area contributed by atoms with Crippen LogP contribution in [-0.2, 0) is 21.4 Å². The van der Waals surface area contributed by atoms with Crippen molar-refractivity contribution in [1.29, 1.82) is 0 Å². The number of aliphatic carboxylic acids is 1. The highest BCUT2D eigenvalue weighted by Gasteiger charge is 2.22. The van der Waals surface area contributed by atoms with Gasteiger partial charge in [-0.1, -0.05) is 20.8 Å². The minimum atomic E-state index is -1.27. The number of carbonyl (C=O) groups is 2. The molecule has 0 aliphatic carbocycles. The maximum atomic E-state index is 12.9. The van der Waals surface area contributed by atoms with Crippen molar-refractivity contribution in [3.05, 3.63) is 46.2 Å². The van der Waals surface area contributed by atoms with Crippen LogP contribution in [0.15, 0.2) is 29.6 Å². The summed E-state index contributed by atoms with van der Waals surface area (Å²) in [5.74, 6) is -1.80. The van der Waals surface area contributed by atoms with E-state index in [2.05, 4.69) is 10.3 Å². The first kappa shape index (κ1) is 19.8. The predicted octanol–water partition coefficient (Wildman–Crippen LogP) is 2.77. The number of carboxylic acid groups (broad SMARTS) is 1. The predicted molar refractivity (Wildman–Crippen MR) is 96.0 cm³/mol. The number of carboxylic acids is 1. The number of carbonyl (C=O) groups excluding carboxylic acids is 1. The van der Waals surface area contributed by atoms with Gasteiger partial charge in [0.1, 0.15) is 11.6 Å². The number of aromatic nitrogens is 1. The van der Waals surface area contributed by atoms with Crippen LogP contribution in [0.4, 0.5) is 4.39 Å². The monoisotopic (exact) mass is 380 g/mol. The second-order valence-electron chi connectivity index (χ2n) is 6.77. The third-order valence-corrected chi connectivity index (χ3v) is 4.70. The van der Waals surface area contributed by atoms with E-state index in [0.29, 0.717) is 5.69 Å². The largest absolute Gasteiger partial charge is 0.478 e. The van der Waals surface area contributed by atoms with Gasteiger partial charge in [-0.05, 0) is 24.3 Å². The lowest BCUT2D eigenvalue weighted by atomic mass is 9.98. The van der Waals surface area contributed by atoms with E-state index in [4.69, 9.17) is 4.74 Å². The highest BCUT2D eigenvalue weighted by Crippen LogP contribution is 2.25. The maximum absolute atomic E-state index is 12.9. The summed E-state index contributed by atoms with van der Waals surface area (Å²) in [4.78, 5) is 27.8. The molecule has 2 aromatic rings. The van der Waals surface area contributed by atoms with Crippen LogP contribution in [0.5, 0.6) is 5.75 Å². The van der Waals surface area contributed by atoms with Crippen LogP contribution >= 0.6 is 11.3 Å². The molecule has 1 aromatic carbocycles. The molecule has 1 atom stereocenters. The summed E-state index contributed by atoms with van der Waals surface area (Å²) in [7, 11) is 0. The Hall–Kier alpha value is -2.48. The Morgan fingerprint density at radius 1 is 1.31 bits per heavy atom. The molecule has 1 aromatic heterocycles. The number of hydrogen-bond donors (Lipinski definition) is 2. The first-order chi connectivity index (χ1) is 12.1. The number of halogens is 1. The fourth-order valence-corrected chi connectivity index (χ4v) is 2.93. The zero-order valence-corrected chi connectivity index (χ0v) is 15.6. The number of nitrogens with zero attached hydrogens (tertiary/aromatic N) is 1. The molecule has 0 aliphatic heterocycles. The van der Waals surface area contributed by atoms with Gasteiger partial charge >= 0.3 is 5.97 Å². The summed E-state index contributed by atoms with van der Waals surface area (Å²) >= 11 is 1.49. The Labute approximate surface area is 155 Å². The minimum Gasteiger partial charge on any atom is -0.478 e. The van der Waals surface area contributed by atoms with Crippen molar-refractivity contribution in [2.45, 2.75) is 38.7 Å². The molecule has 0 spiro atoms. The van der Waals surface area contributed by atoms with Gasteiger partial charge in [0.25, 0.3) is 0 Å². The SMILES string of the molecule is CC(C)(C)c1nc(CC(=O)NCC(Oc2ccc(F)cc2)C(=O)O)cs1. The van der Waals surface area contributed by atoms with Crippen LogP contribution in [0, 0.1) is 5.82 Å². The second kappa shape index (κ2) is 8.27. The number of benzene rings is 1. The number of rotatable bonds is 7. The number of ether oxygens (including phenoxy) is 1. The smallest absolute Gasteiger partial charge is 0.346 e. The minimum absolute atomic E-state index is 0.0649. The number of amides is 1. The normalized spacial score (nSPS) is 12.5. The number of thiazole rings is 1. The molecular weight excluding hydrogens is 359 g/mol. The molecule has 0 fully saturated rings. The first-order valence-corrected chi connectivity index (χ1v) is 8.89. The molecule has 26 heavy (non-hydrogen) atoms. The Balaban J connectivity index is 1.89. The molecular formula is C18H21FN2O4S. The third-order valence-electron chi connectivity index (χ3n) is 3.39. The lowest BCUT2D eigenvalue weighted by Gasteiger charge is -2.16. The van der Waals surface area contributed by atoms with E-state index in [9.17, 15) is 19.1 Å². The van der Waals surface area contributed by atoms with E-state index in [1.807, 2.05) is 26.2 Å². The van der Waals surface area contributed by atoms with Gasteiger partial charge in [0.2, 0.25) is 12.0 Å². The summed E-state index contributed by atoms with van der Waals surface area (Å²) in [6.45, 7) is 5.92. The second-order valence-corrected chi connectivity index (χ2v) is 7.63. The highest BCUT2D eigenvalue weighted by molar-refractivity contribution is 7.09. The van der Waals surface area contributed by atoms with Gasteiger partial charge in [-0.3, -0.25) is 4.79 Å². The van der Waals surface area contributed by atoms with Gasteiger partial charge in [0.15, 0.2) is 0 Å². The van der Waals surface area contributed by atoms with Gasteiger partial charge < -0.3 is 15.2 Å². The van der Waals surface area contributed by atoms with Crippen molar-refractivity contribution in [3.8, 4) is 5.75 Å². The molecule has 2 N–H and O–H groups in total. The lowest BCUT2D eigenvalue weighted by Crippen LogP contribution is -2.40. The maximum Gasteiger partial charge on any atom is 0.346 e. The molecule has 0 aliphatic rings. The highest BCUT2D eigenvalue weighted by atomic mass is 32.1. The average molecular weight is 380 g/mol. The number of nitrogens with one attached hydrogen (secondary N) is 1. The Morgan fingerprint density at radius 2 is 1.96 bits per heavy atom. The molecule has 1 unspecified atom stereocenters. The lowest BCUT2D eigenvalue weighted by molar-refractivity contribution is -0.145. The molecule has 8 heteroatoms.